The molecular formula is C16H19BrN2. The molecule has 2 aromatic rings. The van der Waals surface area contributed by atoms with Crippen molar-refractivity contribution in [3.63, 3.8) is 0 Å². The molecule has 0 spiro atoms. The predicted octanol–water partition coefficient (Wildman–Crippen LogP) is 5.16. The number of rotatable bonds is 4. The maximum atomic E-state index is 4.39. The first-order valence-corrected chi connectivity index (χ1v) is 7.38. The number of nitrogens with zero attached hydrogens (tertiary/aromatic N) is 1. The van der Waals surface area contributed by atoms with E-state index in [2.05, 4.69) is 63.5 Å². The van der Waals surface area contributed by atoms with Crippen molar-refractivity contribution in [3.05, 3.63) is 51.8 Å². The molecule has 0 fully saturated rings. The Kier molecular flexibility index (Phi) is 4.59. The van der Waals surface area contributed by atoms with Crippen LogP contribution >= 0.6 is 15.9 Å². The number of anilines is 2. The highest BCUT2D eigenvalue weighted by Crippen LogP contribution is 2.27. The molecule has 0 aliphatic heterocycles. The maximum Gasteiger partial charge on any atom is 0.0528 e. The average molecular weight is 319 g/mol. The second kappa shape index (κ2) is 6.20. The van der Waals surface area contributed by atoms with Crippen molar-refractivity contribution in [3.8, 4) is 0 Å². The normalized spacial score (nSPS) is 10.5. The van der Waals surface area contributed by atoms with Crippen LogP contribution in [0.1, 0.15) is 30.3 Å². The van der Waals surface area contributed by atoms with Crippen LogP contribution in [-0.2, 0) is 6.42 Å². The Balaban J connectivity index is 2.23. The van der Waals surface area contributed by atoms with Crippen molar-refractivity contribution < 1.29 is 0 Å². The van der Waals surface area contributed by atoms with Crippen LogP contribution in [0, 0.1) is 13.8 Å². The van der Waals surface area contributed by atoms with E-state index < -0.39 is 0 Å². The molecular weight excluding hydrogens is 300 g/mol. The third kappa shape index (κ3) is 3.80. The van der Waals surface area contributed by atoms with Crippen LogP contribution in [0.15, 0.2) is 34.8 Å². The van der Waals surface area contributed by atoms with Gasteiger partial charge in [-0.3, -0.25) is 4.98 Å². The quantitative estimate of drug-likeness (QED) is 0.842. The smallest absolute Gasteiger partial charge is 0.0528 e. The molecule has 19 heavy (non-hydrogen) atoms. The van der Waals surface area contributed by atoms with Gasteiger partial charge < -0.3 is 5.32 Å². The van der Waals surface area contributed by atoms with E-state index in [1.807, 2.05) is 13.8 Å². The lowest BCUT2D eigenvalue weighted by Crippen LogP contribution is -1.95. The minimum Gasteiger partial charge on any atom is -0.354 e. The van der Waals surface area contributed by atoms with Gasteiger partial charge in [0.05, 0.1) is 5.69 Å². The first-order chi connectivity index (χ1) is 9.08. The van der Waals surface area contributed by atoms with E-state index in [4.69, 9.17) is 0 Å². The molecule has 0 radical (unpaired) electrons. The molecule has 0 unspecified atom stereocenters. The van der Waals surface area contributed by atoms with Crippen LogP contribution in [-0.4, -0.2) is 4.98 Å². The number of nitrogens with one attached hydrogen (secondary N) is 1. The van der Waals surface area contributed by atoms with Gasteiger partial charge in [0.25, 0.3) is 0 Å². The van der Waals surface area contributed by atoms with Gasteiger partial charge in [0, 0.05) is 21.5 Å². The van der Waals surface area contributed by atoms with Crippen LogP contribution < -0.4 is 5.32 Å². The summed E-state index contributed by atoms with van der Waals surface area (Å²) in [6, 6.07) is 10.6. The van der Waals surface area contributed by atoms with Crippen molar-refractivity contribution in [2.24, 2.45) is 0 Å². The summed E-state index contributed by atoms with van der Waals surface area (Å²) < 4.78 is 1.10. The summed E-state index contributed by atoms with van der Waals surface area (Å²) in [5.74, 6) is 0. The molecule has 0 amide bonds. The Morgan fingerprint density at radius 2 is 1.79 bits per heavy atom. The molecule has 3 heteroatoms. The van der Waals surface area contributed by atoms with Crippen LogP contribution in [0.4, 0.5) is 11.4 Å². The van der Waals surface area contributed by atoms with Gasteiger partial charge in [-0.15, -0.1) is 0 Å². The van der Waals surface area contributed by atoms with Crippen molar-refractivity contribution >= 4 is 27.3 Å². The standard InChI is InChI=1S/C16H19BrN2/c1-4-5-13-6-7-16(15(17)10-13)19-14-8-11(2)18-12(3)9-14/h6-10H,4-5H2,1-3H3,(H,18,19). The Morgan fingerprint density at radius 3 is 2.37 bits per heavy atom. The summed E-state index contributed by atoms with van der Waals surface area (Å²) in [5.41, 5.74) is 5.59. The third-order valence-electron chi connectivity index (χ3n) is 2.93. The van der Waals surface area contributed by atoms with E-state index in [0.29, 0.717) is 0 Å². The van der Waals surface area contributed by atoms with E-state index in [9.17, 15) is 0 Å². The highest BCUT2D eigenvalue weighted by molar-refractivity contribution is 9.10. The summed E-state index contributed by atoms with van der Waals surface area (Å²) >= 11 is 3.63. The Hall–Kier alpha value is -1.35. The lowest BCUT2D eigenvalue weighted by Gasteiger charge is -2.11. The maximum absolute atomic E-state index is 4.39. The number of pyridine rings is 1. The SMILES string of the molecule is CCCc1ccc(Nc2cc(C)nc(C)c2)c(Br)c1. The van der Waals surface area contributed by atoms with E-state index >= 15 is 0 Å². The second-order valence-corrected chi connectivity index (χ2v) is 5.68. The molecule has 0 saturated heterocycles. The van der Waals surface area contributed by atoms with Crippen LogP contribution in [0.5, 0.6) is 0 Å². The number of benzene rings is 1. The van der Waals surface area contributed by atoms with E-state index in [-0.39, 0.29) is 0 Å². The minimum absolute atomic E-state index is 1.03. The molecule has 2 nitrogen and oxygen atoms in total. The summed E-state index contributed by atoms with van der Waals surface area (Å²) in [4.78, 5) is 4.39. The number of hydrogen-bond acceptors (Lipinski definition) is 2. The lowest BCUT2D eigenvalue weighted by molar-refractivity contribution is 0.921. The molecule has 0 bridgehead atoms. The average Bonchev–Trinajstić information content (AvgIpc) is 2.32. The molecule has 1 N–H and O–H groups in total. The number of aromatic nitrogens is 1. The van der Waals surface area contributed by atoms with E-state index in [1.165, 1.54) is 12.0 Å². The first kappa shape index (κ1) is 14.1. The van der Waals surface area contributed by atoms with Gasteiger partial charge in [0.15, 0.2) is 0 Å². The Labute approximate surface area is 123 Å². The van der Waals surface area contributed by atoms with Gasteiger partial charge in [0.1, 0.15) is 0 Å². The zero-order chi connectivity index (χ0) is 13.8. The second-order valence-electron chi connectivity index (χ2n) is 4.83. The molecule has 0 aliphatic rings. The van der Waals surface area contributed by atoms with Gasteiger partial charge in [-0.25, -0.2) is 0 Å². The fourth-order valence-electron chi connectivity index (χ4n) is 2.17. The zero-order valence-electron chi connectivity index (χ0n) is 11.6. The van der Waals surface area contributed by atoms with Gasteiger partial charge in [-0.1, -0.05) is 19.4 Å². The summed E-state index contributed by atoms with van der Waals surface area (Å²) in [6.45, 7) is 6.22. The highest BCUT2D eigenvalue weighted by Gasteiger charge is 2.03. The van der Waals surface area contributed by atoms with E-state index in [0.717, 1.165) is 33.7 Å². The van der Waals surface area contributed by atoms with Crippen LogP contribution in [0.3, 0.4) is 0 Å². The summed E-state index contributed by atoms with van der Waals surface area (Å²) in [7, 11) is 0. The predicted molar refractivity (Wildman–Crippen MR) is 85.1 cm³/mol. The largest absolute Gasteiger partial charge is 0.354 e. The van der Waals surface area contributed by atoms with Crippen LogP contribution in [0.2, 0.25) is 0 Å². The molecule has 1 aromatic heterocycles. The Morgan fingerprint density at radius 1 is 1.11 bits per heavy atom. The monoisotopic (exact) mass is 318 g/mol. The van der Waals surface area contributed by atoms with E-state index in [1.54, 1.807) is 0 Å². The molecule has 100 valence electrons. The first-order valence-electron chi connectivity index (χ1n) is 6.59. The molecule has 0 aliphatic carbocycles. The van der Waals surface area contributed by atoms with Gasteiger partial charge in [0.2, 0.25) is 0 Å². The van der Waals surface area contributed by atoms with Gasteiger partial charge in [-0.2, -0.15) is 0 Å². The summed E-state index contributed by atoms with van der Waals surface area (Å²) in [6.07, 6.45) is 2.29. The van der Waals surface area contributed by atoms with Crippen molar-refractivity contribution in [2.45, 2.75) is 33.6 Å². The topological polar surface area (TPSA) is 24.9 Å². The van der Waals surface area contributed by atoms with Crippen molar-refractivity contribution in [1.29, 1.82) is 0 Å². The fraction of sp³-hybridized carbons (Fsp3) is 0.312. The molecule has 2 rings (SSSR count). The highest BCUT2D eigenvalue weighted by atomic mass is 79.9. The molecule has 1 aromatic carbocycles. The number of aryl methyl sites for hydroxylation is 3. The lowest BCUT2D eigenvalue weighted by atomic mass is 10.1. The van der Waals surface area contributed by atoms with Crippen molar-refractivity contribution in [2.75, 3.05) is 5.32 Å². The Bertz CT molecular complexity index is 559. The third-order valence-corrected chi connectivity index (χ3v) is 3.59. The molecule has 1 heterocycles. The molecule has 0 atom stereocenters. The zero-order valence-corrected chi connectivity index (χ0v) is 13.2. The minimum atomic E-state index is 1.03. The summed E-state index contributed by atoms with van der Waals surface area (Å²) in [5, 5.41) is 3.44. The number of halogens is 1. The molecule has 0 saturated carbocycles. The van der Waals surface area contributed by atoms with Crippen LogP contribution in [0.25, 0.3) is 0 Å². The van der Waals surface area contributed by atoms with Crippen molar-refractivity contribution in [1.82, 2.24) is 4.98 Å². The fourth-order valence-corrected chi connectivity index (χ4v) is 2.69. The van der Waals surface area contributed by atoms with Gasteiger partial charge in [-0.05, 0) is 66.0 Å². The van der Waals surface area contributed by atoms with Gasteiger partial charge >= 0.3 is 0 Å². The number of hydrogen-bond donors (Lipinski definition) is 1.